The van der Waals surface area contributed by atoms with Crippen LogP contribution in [0.4, 0.5) is 0 Å². The van der Waals surface area contributed by atoms with Crippen LogP contribution in [-0.4, -0.2) is 32.0 Å². The normalized spacial score (nSPS) is 15.3. The molecule has 82 valence electrons. The van der Waals surface area contributed by atoms with Gasteiger partial charge in [-0.3, -0.25) is 4.99 Å². The van der Waals surface area contributed by atoms with Crippen molar-refractivity contribution in [2.24, 2.45) is 10.9 Å². The minimum atomic E-state index is -3.08. The fraction of sp³-hybridized carbons (Fsp3) is 0.778. The van der Waals surface area contributed by atoms with Crippen LogP contribution in [0.1, 0.15) is 27.2 Å². The molecule has 1 atom stereocenters. The van der Waals surface area contributed by atoms with E-state index in [2.05, 4.69) is 4.99 Å². The summed E-state index contributed by atoms with van der Waals surface area (Å²) >= 11 is 0. The highest BCUT2D eigenvalue weighted by molar-refractivity contribution is 7.90. The summed E-state index contributed by atoms with van der Waals surface area (Å²) in [5.41, 5.74) is 0.945. The lowest BCUT2D eigenvalue weighted by atomic mass is 10.00. The van der Waals surface area contributed by atoms with Crippen molar-refractivity contribution >= 4 is 21.3 Å². The van der Waals surface area contributed by atoms with Gasteiger partial charge in [0.2, 0.25) is 0 Å². The largest absolute Gasteiger partial charge is 0.304 e. The number of hydrogen-bond acceptors (Lipinski definition) is 4. The van der Waals surface area contributed by atoms with E-state index in [0.717, 1.165) is 12.7 Å². The molecule has 0 amide bonds. The zero-order chi connectivity index (χ0) is 11.4. The van der Waals surface area contributed by atoms with Crippen LogP contribution < -0.4 is 0 Å². The quantitative estimate of drug-likeness (QED) is 0.711. The highest BCUT2D eigenvalue weighted by atomic mass is 32.2. The van der Waals surface area contributed by atoms with Gasteiger partial charge in [-0.2, -0.15) is 0 Å². The fourth-order valence-corrected chi connectivity index (χ4v) is 1.40. The molecule has 1 unspecified atom stereocenters. The van der Waals surface area contributed by atoms with E-state index in [1.165, 1.54) is 0 Å². The lowest BCUT2D eigenvalue weighted by Gasteiger charge is -2.11. The number of sulfone groups is 1. The van der Waals surface area contributed by atoms with Crippen LogP contribution in [0.3, 0.4) is 0 Å². The predicted octanol–water partition coefficient (Wildman–Crippen LogP) is 1.52. The maximum Gasteiger partial charge on any atom is 0.167 e. The smallest absolute Gasteiger partial charge is 0.167 e. The lowest BCUT2D eigenvalue weighted by Crippen LogP contribution is -2.20. The highest BCUT2D eigenvalue weighted by Crippen LogP contribution is 2.06. The molecule has 0 heterocycles. The van der Waals surface area contributed by atoms with Crippen LogP contribution in [0.5, 0.6) is 0 Å². The summed E-state index contributed by atoms with van der Waals surface area (Å²) < 4.78 is 21.8. The molecule has 0 aliphatic carbocycles. The van der Waals surface area contributed by atoms with Crippen molar-refractivity contribution in [1.29, 1.82) is 5.41 Å². The molecule has 0 fully saturated rings. The summed E-state index contributed by atoms with van der Waals surface area (Å²) in [4.78, 5) is 3.97. The third-order valence-electron chi connectivity index (χ3n) is 1.93. The first kappa shape index (κ1) is 13.3. The number of aliphatic imine (C=N–C) groups is 1. The van der Waals surface area contributed by atoms with Crippen molar-refractivity contribution in [3.8, 4) is 0 Å². The van der Waals surface area contributed by atoms with Crippen LogP contribution in [0, 0.1) is 11.3 Å². The summed E-state index contributed by atoms with van der Waals surface area (Å²) in [5, 5.41) is 7.47. The Hall–Kier alpha value is -0.710. The Kier molecular flexibility index (Phi) is 4.97. The zero-order valence-corrected chi connectivity index (χ0v) is 9.98. The Morgan fingerprint density at radius 3 is 2.29 bits per heavy atom. The topological polar surface area (TPSA) is 70.3 Å². The highest BCUT2D eigenvalue weighted by Gasteiger charge is 2.11. The Morgan fingerprint density at radius 2 is 2.00 bits per heavy atom. The van der Waals surface area contributed by atoms with E-state index in [1.807, 2.05) is 13.8 Å². The molecule has 0 spiro atoms. The first-order valence-electron chi connectivity index (χ1n) is 4.55. The Bertz CT molecular complexity index is 331. The Labute approximate surface area is 85.9 Å². The van der Waals surface area contributed by atoms with E-state index in [-0.39, 0.29) is 11.8 Å². The van der Waals surface area contributed by atoms with Gasteiger partial charge < -0.3 is 5.41 Å². The summed E-state index contributed by atoms with van der Waals surface area (Å²) in [6.45, 7) is 5.57. The second-order valence-electron chi connectivity index (χ2n) is 3.53. The molecule has 0 aliphatic rings. The van der Waals surface area contributed by atoms with E-state index in [4.69, 9.17) is 5.41 Å². The lowest BCUT2D eigenvalue weighted by molar-refractivity contribution is 0.602. The van der Waals surface area contributed by atoms with Gasteiger partial charge in [-0.25, -0.2) is 8.42 Å². The molecule has 0 aliphatic heterocycles. The Morgan fingerprint density at radius 1 is 1.50 bits per heavy atom. The van der Waals surface area contributed by atoms with Crippen LogP contribution in [0.2, 0.25) is 0 Å². The molecule has 0 aromatic carbocycles. The van der Waals surface area contributed by atoms with Crippen LogP contribution >= 0.6 is 0 Å². The third kappa shape index (κ3) is 5.11. The van der Waals surface area contributed by atoms with Gasteiger partial charge in [0.25, 0.3) is 0 Å². The maximum atomic E-state index is 10.9. The van der Waals surface area contributed by atoms with Gasteiger partial charge in [-0.1, -0.05) is 13.8 Å². The van der Waals surface area contributed by atoms with Gasteiger partial charge in [0.05, 0.1) is 5.71 Å². The molecule has 1 N–H and O–H groups in total. The summed E-state index contributed by atoms with van der Waals surface area (Å²) in [6, 6.07) is 0. The number of nitrogens with zero attached hydrogens (tertiary/aromatic N) is 1. The second kappa shape index (κ2) is 5.24. The van der Waals surface area contributed by atoms with Gasteiger partial charge in [-0.05, 0) is 19.3 Å². The first-order chi connectivity index (χ1) is 6.28. The SMILES string of the molecule is CCC(C)C(=NCS(C)(=O)=O)C(C)=N. The van der Waals surface area contributed by atoms with Crippen molar-refractivity contribution in [1.82, 2.24) is 0 Å². The van der Waals surface area contributed by atoms with Gasteiger partial charge in [-0.15, -0.1) is 0 Å². The molecule has 0 rings (SSSR count). The van der Waals surface area contributed by atoms with Crippen molar-refractivity contribution in [3.05, 3.63) is 0 Å². The zero-order valence-electron chi connectivity index (χ0n) is 9.16. The molecule has 0 saturated carbocycles. The molecule has 0 aromatic rings. The molecule has 0 bridgehead atoms. The third-order valence-corrected chi connectivity index (χ3v) is 2.53. The van der Waals surface area contributed by atoms with E-state index in [9.17, 15) is 8.42 Å². The molecule has 4 nitrogen and oxygen atoms in total. The fourth-order valence-electron chi connectivity index (χ4n) is 1.02. The maximum absolute atomic E-state index is 10.9. The minimum Gasteiger partial charge on any atom is -0.304 e. The van der Waals surface area contributed by atoms with Gasteiger partial charge in [0.1, 0.15) is 5.88 Å². The molecular weight excluding hydrogens is 200 g/mol. The average Bonchev–Trinajstić information content (AvgIpc) is 2.01. The molecule has 0 radical (unpaired) electrons. The summed E-state index contributed by atoms with van der Waals surface area (Å²) in [6.07, 6.45) is 2.00. The monoisotopic (exact) mass is 218 g/mol. The number of hydrogen-bond donors (Lipinski definition) is 1. The number of rotatable bonds is 5. The molecular formula is C9H18N2O2S. The molecule has 0 saturated heterocycles. The number of nitrogens with one attached hydrogen (secondary N) is 1. The van der Waals surface area contributed by atoms with Gasteiger partial charge in [0.15, 0.2) is 9.84 Å². The summed E-state index contributed by atoms with van der Waals surface area (Å²) in [7, 11) is -3.08. The molecule has 14 heavy (non-hydrogen) atoms. The van der Waals surface area contributed by atoms with Crippen molar-refractivity contribution in [2.45, 2.75) is 27.2 Å². The minimum absolute atomic E-state index is 0.147. The first-order valence-corrected chi connectivity index (χ1v) is 6.61. The van der Waals surface area contributed by atoms with Crippen LogP contribution in [-0.2, 0) is 9.84 Å². The second-order valence-corrected chi connectivity index (χ2v) is 5.64. The van der Waals surface area contributed by atoms with Gasteiger partial charge >= 0.3 is 0 Å². The predicted molar refractivity (Wildman–Crippen MR) is 60.0 cm³/mol. The summed E-state index contributed by atoms with van der Waals surface area (Å²) in [5.74, 6) is -0.0719. The average molecular weight is 218 g/mol. The molecule has 5 heteroatoms. The van der Waals surface area contributed by atoms with E-state index >= 15 is 0 Å². The van der Waals surface area contributed by atoms with Crippen LogP contribution in [0.25, 0.3) is 0 Å². The standard InChI is InChI=1S/C9H18N2O2S/c1-5-7(2)9(8(3)10)11-6-14(4,12)13/h7,10H,5-6H2,1-4H3. The van der Waals surface area contributed by atoms with E-state index < -0.39 is 9.84 Å². The van der Waals surface area contributed by atoms with E-state index in [1.54, 1.807) is 6.92 Å². The van der Waals surface area contributed by atoms with Crippen molar-refractivity contribution in [3.63, 3.8) is 0 Å². The van der Waals surface area contributed by atoms with Crippen molar-refractivity contribution < 1.29 is 8.42 Å². The van der Waals surface area contributed by atoms with Crippen molar-refractivity contribution in [2.75, 3.05) is 12.1 Å². The van der Waals surface area contributed by atoms with Gasteiger partial charge in [0, 0.05) is 12.0 Å². The molecule has 0 aromatic heterocycles. The Balaban J connectivity index is 4.75. The van der Waals surface area contributed by atoms with Crippen LogP contribution in [0.15, 0.2) is 4.99 Å². The van der Waals surface area contributed by atoms with E-state index in [0.29, 0.717) is 11.4 Å².